The summed E-state index contributed by atoms with van der Waals surface area (Å²) in [5.41, 5.74) is 2.68. The largest absolute Gasteiger partial charge is 0.484 e. The highest BCUT2D eigenvalue weighted by atomic mass is 35.5. The van der Waals surface area contributed by atoms with Crippen molar-refractivity contribution in [2.45, 2.75) is 25.4 Å². The summed E-state index contributed by atoms with van der Waals surface area (Å²) in [6.07, 6.45) is 9.96. The minimum Gasteiger partial charge on any atom is -0.484 e. The molecule has 0 atom stereocenters. The van der Waals surface area contributed by atoms with Crippen LogP contribution in [0.5, 0.6) is 5.75 Å². The lowest BCUT2D eigenvalue weighted by molar-refractivity contribution is -0.127. The average Bonchev–Trinajstić information content (AvgIpc) is 3.34. The van der Waals surface area contributed by atoms with Gasteiger partial charge in [0.25, 0.3) is 0 Å². The van der Waals surface area contributed by atoms with E-state index >= 15 is 0 Å². The van der Waals surface area contributed by atoms with Crippen LogP contribution in [0.15, 0.2) is 61.8 Å². The maximum absolute atomic E-state index is 11.9. The van der Waals surface area contributed by atoms with E-state index in [1.54, 1.807) is 30.6 Å². The number of nitrogens with zero attached hydrogens (tertiary/aromatic N) is 5. The summed E-state index contributed by atoms with van der Waals surface area (Å²) in [5.74, 6) is 2.09. The number of ether oxygens (including phenoxy) is 1. The van der Waals surface area contributed by atoms with E-state index in [0.29, 0.717) is 41.4 Å². The van der Waals surface area contributed by atoms with Crippen molar-refractivity contribution in [2.75, 3.05) is 18.4 Å². The Morgan fingerprint density at radius 1 is 1.23 bits per heavy atom. The van der Waals surface area contributed by atoms with Crippen LogP contribution in [0.25, 0.3) is 11.0 Å². The number of amides is 1. The summed E-state index contributed by atoms with van der Waals surface area (Å²) in [7, 11) is 0. The zero-order chi connectivity index (χ0) is 24.2. The summed E-state index contributed by atoms with van der Waals surface area (Å²) in [5, 5.41) is 4.78. The number of hydrogen-bond acceptors (Lipinski definition) is 7. The Balaban J connectivity index is 1.33. The van der Waals surface area contributed by atoms with Crippen molar-refractivity contribution in [1.29, 1.82) is 0 Å². The first-order valence-electron chi connectivity index (χ1n) is 11.3. The Morgan fingerprint density at radius 2 is 2.03 bits per heavy atom. The average molecular weight is 490 g/mol. The number of aromatic nitrogens is 5. The van der Waals surface area contributed by atoms with E-state index in [0.717, 1.165) is 35.1 Å². The van der Waals surface area contributed by atoms with Gasteiger partial charge in [-0.3, -0.25) is 4.79 Å². The Labute approximate surface area is 207 Å². The predicted molar refractivity (Wildman–Crippen MR) is 134 cm³/mol. The van der Waals surface area contributed by atoms with Crippen LogP contribution in [0.4, 0.5) is 11.5 Å². The van der Waals surface area contributed by atoms with E-state index < -0.39 is 0 Å². The summed E-state index contributed by atoms with van der Waals surface area (Å²) in [6, 6.07) is 7.23. The molecule has 0 saturated carbocycles. The number of piperidine rings is 1. The molecule has 1 aliphatic heterocycles. The van der Waals surface area contributed by atoms with Gasteiger partial charge < -0.3 is 19.9 Å². The Bertz CT molecular complexity index is 1350. The van der Waals surface area contributed by atoms with Gasteiger partial charge in [-0.05, 0) is 54.7 Å². The van der Waals surface area contributed by atoms with Gasteiger partial charge in [0.2, 0.25) is 5.91 Å². The number of aromatic amines is 1. The number of nitrogens with one attached hydrogen (secondary N) is 2. The quantitative estimate of drug-likeness (QED) is 0.365. The van der Waals surface area contributed by atoms with Crippen LogP contribution >= 0.6 is 11.6 Å². The van der Waals surface area contributed by atoms with Gasteiger partial charge in [0.1, 0.15) is 30.1 Å². The SMILES string of the molecule is C=CC(=O)N1CCC(c2c[nH]c3ncnc(Nc4ccc(OCc5ncccn5)c(Cl)c4)c23)CC1. The Morgan fingerprint density at radius 3 is 2.77 bits per heavy atom. The van der Waals surface area contributed by atoms with Gasteiger partial charge in [-0.2, -0.15) is 0 Å². The van der Waals surface area contributed by atoms with E-state index in [1.807, 2.05) is 17.2 Å². The van der Waals surface area contributed by atoms with Crippen molar-refractivity contribution >= 4 is 40.0 Å². The highest BCUT2D eigenvalue weighted by Gasteiger charge is 2.26. The molecule has 178 valence electrons. The molecule has 1 aliphatic rings. The summed E-state index contributed by atoms with van der Waals surface area (Å²) in [6.45, 7) is 5.21. The molecule has 4 aromatic rings. The van der Waals surface area contributed by atoms with Gasteiger partial charge in [-0.25, -0.2) is 19.9 Å². The lowest BCUT2D eigenvalue weighted by Gasteiger charge is -2.31. The molecule has 35 heavy (non-hydrogen) atoms. The third-order valence-corrected chi connectivity index (χ3v) is 6.39. The van der Waals surface area contributed by atoms with Crippen LogP contribution in [-0.2, 0) is 11.4 Å². The van der Waals surface area contributed by atoms with E-state index in [2.05, 4.69) is 36.8 Å². The van der Waals surface area contributed by atoms with Crippen LogP contribution in [0.2, 0.25) is 5.02 Å². The molecule has 0 radical (unpaired) electrons. The van der Waals surface area contributed by atoms with Crippen LogP contribution in [-0.4, -0.2) is 48.8 Å². The zero-order valence-electron chi connectivity index (χ0n) is 18.9. The van der Waals surface area contributed by atoms with Crippen LogP contribution in [0.1, 0.15) is 30.1 Å². The second-order valence-corrected chi connectivity index (χ2v) is 8.62. The molecule has 0 unspecified atom stereocenters. The fraction of sp³-hybridized carbons (Fsp3) is 0.240. The van der Waals surface area contributed by atoms with Gasteiger partial charge >= 0.3 is 0 Å². The summed E-state index contributed by atoms with van der Waals surface area (Å²) >= 11 is 6.48. The normalized spacial score (nSPS) is 14.1. The van der Waals surface area contributed by atoms with Gasteiger partial charge in [0, 0.05) is 37.4 Å². The Kier molecular flexibility index (Phi) is 6.58. The number of fused-ring (bicyclic) bond motifs is 1. The lowest BCUT2D eigenvalue weighted by atomic mass is 9.89. The van der Waals surface area contributed by atoms with Crippen molar-refractivity contribution < 1.29 is 9.53 Å². The standard InChI is InChI=1S/C25H24ClN7O2/c1-2-22(34)33-10-6-16(7-11-33)18-13-29-24-23(18)25(31-15-30-24)32-17-4-5-20(19(26)12-17)35-14-21-27-8-3-9-28-21/h2-5,8-9,12-13,15-16H,1,6-7,10-11,14H2,(H2,29,30,31,32). The maximum Gasteiger partial charge on any atom is 0.245 e. The van der Waals surface area contributed by atoms with E-state index in [-0.39, 0.29) is 12.5 Å². The molecule has 4 heterocycles. The van der Waals surface area contributed by atoms with E-state index in [4.69, 9.17) is 16.3 Å². The minimum absolute atomic E-state index is 0.0198. The van der Waals surface area contributed by atoms with Gasteiger partial charge in [0.05, 0.1) is 10.4 Å². The summed E-state index contributed by atoms with van der Waals surface area (Å²) in [4.78, 5) is 34.2. The first-order valence-corrected chi connectivity index (χ1v) is 11.7. The molecule has 0 spiro atoms. The molecule has 3 aromatic heterocycles. The molecule has 5 rings (SSSR count). The smallest absolute Gasteiger partial charge is 0.245 e. The first-order chi connectivity index (χ1) is 17.1. The molecule has 0 bridgehead atoms. The van der Waals surface area contributed by atoms with Gasteiger partial charge in [-0.1, -0.05) is 18.2 Å². The van der Waals surface area contributed by atoms with E-state index in [9.17, 15) is 4.79 Å². The van der Waals surface area contributed by atoms with Crippen LogP contribution in [0.3, 0.4) is 0 Å². The van der Waals surface area contributed by atoms with Crippen LogP contribution in [0, 0.1) is 0 Å². The number of H-pyrrole nitrogens is 1. The Hall–Kier alpha value is -3.98. The van der Waals surface area contributed by atoms with Gasteiger partial charge in [-0.15, -0.1) is 0 Å². The number of rotatable bonds is 7. The zero-order valence-corrected chi connectivity index (χ0v) is 19.7. The highest BCUT2D eigenvalue weighted by molar-refractivity contribution is 6.32. The number of benzene rings is 1. The lowest BCUT2D eigenvalue weighted by Crippen LogP contribution is -2.36. The molecular formula is C25H24ClN7O2. The molecule has 1 amide bonds. The molecule has 2 N–H and O–H groups in total. The molecule has 1 saturated heterocycles. The number of hydrogen-bond donors (Lipinski definition) is 2. The number of carbonyl (C=O) groups excluding carboxylic acids is 1. The fourth-order valence-corrected chi connectivity index (χ4v) is 4.56. The predicted octanol–water partition coefficient (Wildman–Crippen LogP) is 4.62. The third kappa shape index (κ3) is 4.95. The van der Waals surface area contributed by atoms with Crippen molar-refractivity contribution in [3.63, 3.8) is 0 Å². The number of likely N-dealkylation sites (tertiary alicyclic amines) is 1. The highest BCUT2D eigenvalue weighted by Crippen LogP contribution is 2.37. The second-order valence-electron chi connectivity index (χ2n) is 8.22. The van der Waals surface area contributed by atoms with Gasteiger partial charge in [0.15, 0.2) is 5.82 Å². The molecule has 1 fully saturated rings. The topological polar surface area (TPSA) is 109 Å². The van der Waals surface area contributed by atoms with Crippen molar-refractivity contribution in [3.8, 4) is 5.75 Å². The molecule has 0 aliphatic carbocycles. The number of carbonyl (C=O) groups is 1. The number of halogens is 1. The summed E-state index contributed by atoms with van der Waals surface area (Å²) < 4.78 is 5.77. The minimum atomic E-state index is -0.0198. The van der Waals surface area contributed by atoms with Crippen molar-refractivity contribution in [1.82, 2.24) is 29.8 Å². The maximum atomic E-state index is 11.9. The second kappa shape index (κ2) is 10.1. The fourth-order valence-electron chi connectivity index (χ4n) is 4.32. The van der Waals surface area contributed by atoms with Crippen molar-refractivity contribution in [2.24, 2.45) is 0 Å². The molecule has 1 aromatic carbocycles. The molecule has 9 nitrogen and oxygen atoms in total. The van der Waals surface area contributed by atoms with E-state index in [1.165, 1.54) is 12.4 Å². The monoisotopic (exact) mass is 489 g/mol. The molecule has 10 heteroatoms. The van der Waals surface area contributed by atoms with Crippen LogP contribution < -0.4 is 10.1 Å². The van der Waals surface area contributed by atoms with Crippen molar-refractivity contribution in [3.05, 3.63) is 78.2 Å². The molecular weight excluding hydrogens is 466 g/mol. The third-order valence-electron chi connectivity index (χ3n) is 6.09. The first kappa shape index (κ1) is 22.8. The number of anilines is 2.